The lowest BCUT2D eigenvalue weighted by atomic mass is 10.0. The van der Waals surface area contributed by atoms with Crippen LogP contribution in [-0.4, -0.2) is 49.4 Å². The van der Waals surface area contributed by atoms with Crippen LogP contribution in [-0.2, 0) is 30.3 Å². The lowest BCUT2D eigenvalue weighted by Gasteiger charge is -2.26. The van der Waals surface area contributed by atoms with E-state index in [2.05, 4.69) is 6.92 Å². The Balaban J connectivity index is 1.66. The standard InChI is InChI=1S/C32H54O6/c1-3-4-5-6-7-8-9-10-11-15-20-28(33)29-23-24-31(38-29)30(21-16-17-22-32(34)35-2)37-26-36-25-27-18-13-12-14-19-27/h12-14,18-19,28-31,33H,3-11,15-17,20-26H2,1-2H3/t28-,29+,30-,31+/m1/s1. The summed E-state index contributed by atoms with van der Waals surface area (Å²) in [6, 6.07) is 10.0. The fourth-order valence-corrected chi connectivity index (χ4v) is 5.24. The molecule has 1 aliphatic rings. The average Bonchev–Trinajstić information content (AvgIpc) is 3.44. The van der Waals surface area contributed by atoms with Gasteiger partial charge in [0.1, 0.15) is 6.79 Å². The van der Waals surface area contributed by atoms with Gasteiger partial charge in [0, 0.05) is 6.42 Å². The van der Waals surface area contributed by atoms with E-state index in [1.165, 1.54) is 64.9 Å². The Labute approximate surface area is 231 Å². The van der Waals surface area contributed by atoms with Crippen LogP contribution < -0.4 is 0 Å². The molecule has 218 valence electrons. The van der Waals surface area contributed by atoms with Crippen molar-refractivity contribution >= 4 is 5.97 Å². The summed E-state index contributed by atoms with van der Waals surface area (Å²) in [6.07, 6.45) is 17.6. The minimum absolute atomic E-state index is 0.0548. The molecular weight excluding hydrogens is 480 g/mol. The molecule has 1 aromatic carbocycles. The van der Waals surface area contributed by atoms with Crippen LogP contribution in [0.25, 0.3) is 0 Å². The smallest absolute Gasteiger partial charge is 0.305 e. The monoisotopic (exact) mass is 534 g/mol. The maximum atomic E-state index is 11.5. The van der Waals surface area contributed by atoms with Crippen molar-refractivity contribution < 1.29 is 28.8 Å². The Hall–Kier alpha value is -1.47. The predicted octanol–water partition coefficient (Wildman–Crippen LogP) is 7.50. The van der Waals surface area contributed by atoms with Crippen LogP contribution in [0.3, 0.4) is 0 Å². The summed E-state index contributed by atoms with van der Waals surface area (Å²) < 4.78 is 23.0. The average molecular weight is 535 g/mol. The van der Waals surface area contributed by atoms with Crippen molar-refractivity contribution in [2.45, 2.75) is 147 Å². The number of hydrogen-bond donors (Lipinski definition) is 1. The van der Waals surface area contributed by atoms with Crippen LogP contribution in [0.4, 0.5) is 0 Å². The summed E-state index contributed by atoms with van der Waals surface area (Å²) in [5, 5.41) is 10.8. The number of esters is 1. The first-order valence-corrected chi connectivity index (χ1v) is 15.3. The molecule has 0 aromatic heterocycles. The summed E-state index contributed by atoms with van der Waals surface area (Å²) >= 11 is 0. The Bertz CT molecular complexity index is 696. The van der Waals surface area contributed by atoms with Gasteiger partial charge in [-0.25, -0.2) is 0 Å². The number of aliphatic hydroxyl groups excluding tert-OH is 1. The molecule has 38 heavy (non-hydrogen) atoms. The minimum Gasteiger partial charge on any atom is -0.469 e. The van der Waals surface area contributed by atoms with Crippen LogP contribution in [0.1, 0.15) is 122 Å². The summed E-state index contributed by atoms with van der Waals surface area (Å²) in [5.74, 6) is -0.180. The van der Waals surface area contributed by atoms with Crippen LogP contribution >= 0.6 is 0 Å². The van der Waals surface area contributed by atoms with Crippen LogP contribution in [0.2, 0.25) is 0 Å². The normalized spacial score (nSPS) is 18.9. The second kappa shape index (κ2) is 21.4. The second-order valence-electron chi connectivity index (χ2n) is 10.8. The molecular formula is C32H54O6. The molecule has 6 nitrogen and oxygen atoms in total. The third kappa shape index (κ3) is 14.6. The van der Waals surface area contributed by atoms with Crippen molar-refractivity contribution in [3.63, 3.8) is 0 Å². The van der Waals surface area contributed by atoms with E-state index in [1.807, 2.05) is 30.3 Å². The molecule has 0 bridgehead atoms. The number of methoxy groups -OCH3 is 1. The van der Waals surface area contributed by atoms with Crippen molar-refractivity contribution in [3.05, 3.63) is 35.9 Å². The summed E-state index contributed by atoms with van der Waals surface area (Å²) in [7, 11) is 1.42. The highest BCUT2D eigenvalue weighted by atomic mass is 16.7. The van der Waals surface area contributed by atoms with Gasteiger partial charge in [-0.2, -0.15) is 0 Å². The minimum atomic E-state index is -0.414. The van der Waals surface area contributed by atoms with Gasteiger partial charge in [0.15, 0.2) is 0 Å². The van der Waals surface area contributed by atoms with E-state index in [4.69, 9.17) is 18.9 Å². The molecule has 1 aromatic rings. The first-order valence-electron chi connectivity index (χ1n) is 15.3. The number of aliphatic hydroxyl groups is 1. The fraction of sp³-hybridized carbons (Fsp3) is 0.781. The zero-order chi connectivity index (χ0) is 27.3. The highest BCUT2D eigenvalue weighted by molar-refractivity contribution is 5.68. The number of carbonyl (C=O) groups is 1. The molecule has 1 heterocycles. The molecule has 1 N–H and O–H groups in total. The van der Waals surface area contributed by atoms with E-state index in [0.29, 0.717) is 13.0 Å². The highest BCUT2D eigenvalue weighted by Gasteiger charge is 2.35. The molecule has 1 saturated heterocycles. The Morgan fingerprint density at radius 2 is 1.53 bits per heavy atom. The molecule has 0 radical (unpaired) electrons. The van der Waals surface area contributed by atoms with E-state index in [-0.39, 0.29) is 31.1 Å². The number of ether oxygens (including phenoxy) is 4. The zero-order valence-electron chi connectivity index (χ0n) is 24.1. The van der Waals surface area contributed by atoms with Gasteiger partial charge in [-0.3, -0.25) is 4.79 Å². The summed E-state index contributed by atoms with van der Waals surface area (Å²) in [4.78, 5) is 11.5. The van der Waals surface area contributed by atoms with Crippen LogP contribution in [0.5, 0.6) is 0 Å². The fourth-order valence-electron chi connectivity index (χ4n) is 5.24. The lowest BCUT2D eigenvalue weighted by molar-refractivity contribution is -0.150. The van der Waals surface area contributed by atoms with Crippen molar-refractivity contribution in [2.24, 2.45) is 0 Å². The molecule has 0 unspecified atom stereocenters. The van der Waals surface area contributed by atoms with Gasteiger partial charge in [-0.05, 0) is 37.7 Å². The predicted molar refractivity (Wildman–Crippen MR) is 152 cm³/mol. The van der Waals surface area contributed by atoms with Crippen molar-refractivity contribution in [2.75, 3.05) is 13.9 Å². The van der Waals surface area contributed by atoms with Gasteiger partial charge in [0.2, 0.25) is 0 Å². The van der Waals surface area contributed by atoms with Crippen LogP contribution in [0.15, 0.2) is 30.3 Å². The van der Waals surface area contributed by atoms with E-state index < -0.39 is 6.10 Å². The number of benzene rings is 1. The SMILES string of the molecule is CCCCCCCCCCCC[C@@H](O)[C@@H]1CC[C@@H]([C@@H](CCCCC(=O)OC)OCOCc2ccccc2)O1. The molecule has 0 spiro atoms. The van der Waals surface area contributed by atoms with Gasteiger partial charge >= 0.3 is 5.97 Å². The molecule has 2 rings (SSSR count). The maximum Gasteiger partial charge on any atom is 0.305 e. The quantitative estimate of drug-likeness (QED) is 0.0890. The Morgan fingerprint density at radius 3 is 2.21 bits per heavy atom. The summed E-state index contributed by atoms with van der Waals surface area (Å²) in [6.45, 7) is 2.96. The van der Waals surface area contributed by atoms with E-state index in [1.54, 1.807) is 0 Å². The van der Waals surface area contributed by atoms with Gasteiger partial charge in [0.25, 0.3) is 0 Å². The first kappa shape index (κ1) is 32.7. The molecule has 6 heteroatoms. The third-order valence-electron chi connectivity index (χ3n) is 7.61. The Kier molecular flexibility index (Phi) is 18.4. The number of unbranched alkanes of at least 4 members (excludes halogenated alkanes) is 10. The van der Waals surface area contributed by atoms with Crippen molar-refractivity contribution in [1.82, 2.24) is 0 Å². The second-order valence-corrected chi connectivity index (χ2v) is 10.8. The van der Waals surface area contributed by atoms with Gasteiger partial charge in [-0.15, -0.1) is 0 Å². The van der Waals surface area contributed by atoms with E-state index >= 15 is 0 Å². The van der Waals surface area contributed by atoms with Gasteiger partial charge in [-0.1, -0.05) is 108 Å². The van der Waals surface area contributed by atoms with Crippen LogP contribution in [0, 0.1) is 0 Å². The van der Waals surface area contributed by atoms with E-state index in [0.717, 1.165) is 50.5 Å². The summed E-state index contributed by atoms with van der Waals surface area (Å²) in [5.41, 5.74) is 1.11. The number of rotatable bonds is 23. The Morgan fingerprint density at radius 1 is 0.895 bits per heavy atom. The molecule has 4 atom stereocenters. The topological polar surface area (TPSA) is 74.2 Å². The largest absolute Gasteiger partial charge is 0.469 e. The molecule has 0 saturated carbocycles. The van der Waals surface area contributed by atoms with Gasteiger partial charge < -0.3 is 24.1 Å². The third-order valence-corrected chi connectivity index (χ3v) is 7.61. The molecule has 0 aliphatic carbocycles. The van der Waals surface area contributed by atoms with E-state index in [9.17, 15) is 9.90 Å². The highest BCUT2D eigenvalue weighted by Crippen LogP contribution is 2.30. The van der Waals surface area contributed by atoms with Crippen molar-refractivity contribution in [1.29, 1.82) is 0 Å². The van der Waals surface area contributed by atoms with Crippen molar-refractivity contribution in [3.8, 4) is 0 Å². The zero-order valence-corrected chi connectivity index (χ0v) is 24.1. The first-order chi connectivity index (χ1) is 18.6. The molecule has 0 amide bonds. The number of hydrogen-bond acceptors (Lipinski definition) is 6. The maximum absolute atomic E-state index is 11.5. The number of carbonyl (C=O) groups excluding carboxylic acids is 1. The lowest BCUT2D eigenvalue weighted by Crippen LogP contribution is -2.33. The molecule has 1 aliphatic heterocycles. The molecule has 1 fully saturated rings. The van der Waals surface area contributed by atoms with Gasteiger partial charge in [0.05, 0.1) is 38.1 Å².